The van der Waals surface area contributed by atoms with Gasteiger partial charge in [-0.25, -0.2) is 9.37 Å². The maximum absolute atomic E-state index is 13.0. The van der Waals surface area contributed by atoms with Crippen LogP contribution in [0, 0.1) is 6.92 Å². The van der Waals surface area contributed by atoms with Crippen LogP contribution in [0.5, 0.6) is 5.75 Å². The van der Waals surface area contributed by atoms with E-state index in [1.807, 2.05) is 23.8 Å². The summed E-state index contributed by atoms with van der Waals surface area (Å²) in [4.78, 5) is 4.47. The third-order valence-electron chi connectivity index (χ3n) is 3.01. The van der Waals surface area contributed by atoms with Crippen molar-refractivity contribution in [2.24, 2.45) is 0 Å². The molecule has 0 saturated carbocycles. The molecular weight excluding hydrogens is 230 g/mol. The number of alkyl halides is 1. The Morgan fingerprint density at radius 1 is 1.56 bits per heavy atom. The third kappa shape index (κ3) is 1.80. The van der Waals surface area contributed by atoms with Crippen LogP contribution in [-0.2, 0) is 6.54 Å². The first-order chi connectivity index (χ1) is 8.67. The van der Waals surface area contributed by atoms with Gasteiger partial charge in [0.15, 0.2) is 0 Å². The second-order valence-electron chi connectivity index (χ2n) is 4.51. The number of ether oxygens (including phenoxy) is 1. The van der Waals surface area contributed by atoms with Crippen LogP contribution in [0.25, 0.3) is 11.4 Å². The van der Waals surface area contributed by atoms with Crippen molar-refractivity contribution in [1.82, 2.24) is 9.55 Å². The molecule has 90 valence electrons. The first-order valence-electron chi connectivity index (χ1n) is 5.83. The maximum atomic E-state index is 13.0. The van der Waals surface area contributed by atoms with Crippen molar-refractivity contribution >= 4 is 13.3 Å². The standard InChI is InChI=1S/C13H12BFN2O/c1-8-6-17-7-10(5-15)18-12-3-2-9(14)4-11(12)13(17)16-8/h2-4,6,10H,5,7H2,1H3. The van der Waals surface area contributed by atoms with Crippen molar-refractivity contribution < 1.29 is 9.13 Å². The lowest BCUT2D eigenvalue weighted by Crippen LogP contribution is -2.23. The van der Waals surface area contributed by atoms with E-state index >= 15 is 0 Å². The molecule has 1 unspecified atom stereocenters. The van der Waals surface area contributed by atoms with Crippen LogP contribution in [0.4, 0.5) is 4.39 Å². The zero-order valence-electron chi connectivity index (χ0n) is 10.1. The van der Waals surface area contributed by atoms with E-state index in [4.69, 9.17) is 12.6 Å². The average molecular weight is 242 g/mol. The number of fused-ring (bicyclic) bond motifs is 3. The van der Waals surface area contributed by atoms with Crippen LogP contribution in [0.15, 0.2) is 24.4 Å². The van der Waals surface area contributed by atoms with E-state index in [1.165, 1.54) is 0 Å². The second-order valence-corrected chi connectivity index (χ2v) is 4.51. The third-order valence-corrected chi connectivity index (χ3v) is 3.01. The summed E-state index contributed by atoms with van der Waals surface area (Å²) in [6.07, 6.45) is 1.42. The Bertz CT molecular complexity index is 597. The number of imidazole rings is 1. The molecule has 1 aromatic heterocycles. The Balaban J connectivity index is 2.21. The summed E-state index contributed by atoms with van der Waals surface area (Å²) in [5, 5.41) is 0. The Morgan fingerprint density at radius 3 is 3.17 bits per heavy atom. The van der Waals surface area contributed by atoms with Crippen molar-refractivity contribution in [2.45, 2.75) is 19.6 Å². The Kier molecular flexibility index (Phi) is 2.61. The summed E-state index contributed by atoms with van der Waals surface area (Å²) in [6, 6.07) is 5.33. The number of benzene rings is 1. The highest BCUT2D eigenvalue weighted by molar-refractivity contribution is 6.32. The van der Waals surface area contributed by atoms with E-state index in [0.717, 1.165) is 17.1 Å². The van der Waals surface area contributed by atoms with Crippen molar-refractivity contribution in [1.29, 1.82) is 0 Å². The lowest BCUT2D eigenvalue weighted by atomic mass is 9.94. The van der Waals surface area contributed by atoms with Gasteiger partial charge in [0.1, 0.15) is 32.2 Å². The number of hydrogen-bond donors (Lipinski definition) is 0. The van der Waals surface area contributed by atoms with Crippen LogP contribution in [0.2, 0.25) is 0 Å². The normalized spacial score (nSPS) is 17.6. The number of nitrogens with zero attached hydrogens (tertiary/aromatic N) is 2. The predicted octanol–water partition coefficient (Wildman–Crippen LogP) is 1.38. The first-order valence-corrected chi connectivity index (χ1v) is 5.83. The number of halogens is 1. The lowest BCUT2D eigenvalue weighted by molar-refractivity contribution is 0.151. The minimum atomic E-state index is -0.527. The molecule has 0 amide bonds. The van der Waals surface area contributed by atoms with Gasteiger partial charge in [-0.15, -0.1) is 0 Å². The molecule has 2 aromatic rings. The molecule has 0 aliphatic carbocycles. The van der Waals surface area contributed by atoms with Crippen molar-refractivity contribution in [2.75, 3.05) is 6.67 Å². The van der Waals surface area contributed by atoms with Crippen molar-refractivity contribution in [3.63, 3.8) is 0 Å². The summed E-state index contributed by atoms with van der Waals surface area (Å²) in [5.74, 6) is 1.42. The molecule has 1 aliphatic rings. The fourth-order valence-electron chi connectivity index (χ4n) is 2.24. The highest BCUT2D eigenvalue weighted by atomic mass is 19.1. The van der Waals surface area contributed by atoms with E-state index < -0.39 is 12.8 Å². The Morgan fingerprint density at radius 2 is 2.39 bits per heavy atom. The SMILES string of the molecule is [B]c1ccc2c(c1)-c1nc(C)cn1CC(CF)O2. The van der Waals surface area contributed by atoms with E-state index in [1.54, 1.807) is 12.1 Å². The smallest absolute Gasteiger partial charge is 0.145 e. The molecule has 1 aliphatic heterocycles. The maximum Gasteiger partial charge on any atom is 0.145 e. The molecule has 5 heteroatoms. The summed E-state index contributed by atoms with van der Waals surface area (Å²) in [7, 11) is 5.80. The van der Waals surface area contributed by atoms with Crippen molar-refractivity contribution in [3.05, 3.63) is 30.1 Å². The van der Waals surface area contributed by atoms with Gasteiger partial charge in [0.05, 0.1) is 17.8 Å². The second kappa shape index (κ2) is 4.16. The van der Waals surface area contributed by atoms with Gasteiger partial charge in [-0.05, 0) is 13.0 Å². The van der Waals surface area contributed by atoms with Crippen molar-refractivity contribution in [3.8, 4) is 17.1 Å². The molecule has 3 rings (SSSR count). The molecule has 3 nitrogen and oxygen atoms in total. The summed E-state index contributed by atoms with van der Waals surface area (Å²) in [5.41, 5.74) is 2.36. The van der Waals surface area contributed by atoms with Gasteiger partial charge in [0.2, 0.25) is 0 Å². The molecule has 0 bridgehead atoms. The van der Waals surface area contributed by atoms with Gasteiger partial charge in [-0.2, -0.15) is 0 Å². The van der Waals surface area contributed by atoms with Gasteiger partial charge in [0.25, 0.3) is 0 Å². The quantitative estimate of drug-likeness (QED) is 0.706. The van der Waals surface area contributed by atoms with Crippen LogP contribution in [0.1, 0.15) is 5.69 Å². The van der Waals surface area contributed by atoms with Crippen LogP contribution in [0.3, 0.4) is 0 Å². The lowest BCUT2D eigenvalue weighted by Gasteiger charge is -2.14. The molecule has 1 aromatic carbocycles. The largest absolute Gasteiger partial charge is 0.485 e. The highest BCUT2D eigenvalue weighted by Crippen LogP contribution is 2.32. The van der Waals surface area contributed by atoms with Crippen LogP contribution >= 0.6 is 0 Å². The number of hydrogen-bond acceptors (Lipinski definition) is 2. The Labute approximate surface area is 106 Å². The Hall–Kier alpha value is -1.78. The summed E-state index contributed by atoms with van der Waals surface area (Å²) >= 11 is 0. The summed E-state index contributed by atoms with van der Waals surface area (Å²) in [6.45, 7) is 1.85. The fraction of sp³-hybridized carbons (Fsp3) is 0.308. The molecule has 2 radical (unpaired) electrons. The van der Waals surface area contributed by atoms with E-state index in [0.29, 0.717) is 17.8 Å². The van der Waals surface area contributed by atoms with Gasteiger partial charge in [0, 0.05) is 6.20 Å². The first kappa shape index (κ1) is 11.3. The van der Waals surface area contributed by atoms with E-state index in [2.05, 4.69) is 4.98 Å². The monoisotopic (exact) mass is 242 g/mol. The van der Waals surface area contributed by atoms with E-state index in [-0.39, 0.29) is 0 Å². The molecule has 0 spiro atoms. The number of rotatable bonds is 1. The van der Waals surface area contributed by atoms with Crippen LogP contribution < -0.4 is 10.2 Å². The minimum absolute atomic E-state index is 0.460. The van der Waals surface area contributed by atoms with Gasteiger partial charge in [-0.3, -0.25) is 0 Å². The molecular formula is C13H12BFN2O. The van der Waals surface area contributed by atoms with Gasteiger partial charge < -0.3 is 9.30 Å². The zero-order chi connectivity index (χ0) is 12.7. The fourth-order valence-corrected chi connectivity index (χ4v) is 2.24. The average Bonchev–Trinajstić information content (AvgIpc) is 2.64. The van der Waals surface area contributed by atoms with Gasteiger partial charge >= 0.3 is 0 Å². The van der Waals surface area contributed by atoms with E-state index in [9.17, 15) is 4.39 Å². The molecule has 0 fully saturated rings. The number of aromatic nitrogens is 2. The topological polar surface area (TPSA) is 27.1 Å². The minimum Gasteiger partial charge on any atom is -0.485 e. The molecule has 2 heterocycles. The van der Waals surface area contributed by atoms with Gasteiger partial charge in [-0.1, -0.05) is 17.6 Å². The highest BCUT2D eigenvalue weighted by Gasteiger charge is 2.23. The molecule has 0 N–H and O–H groups in total. The molecule has 18 heavy (non-hydrogen) atoms. The molecule has 0 saturated heterocycles. The summed E-state index contributed by atoms with van der Waals surface area (Å²) < 4.78 is 20.5. The number of aryl methyl sites for hydroxylation is 1. The van der Waals surface area contributed by atoms with Crippen LogP contribution in [-0.4, -0.2) is 30.2 Å². The molecule has 1 atom stereocenters. The zero-order valence-corrected chi connectivity index (χ0v) is 10.1. The predicted molar refractivity (Wildman–Crippen MR) is 68.2 cm³/mol.